The predicted molar refractivity (Wildman–Crippen MR) is 125 cm³/mol. The summed E-state index contributed by atoms with van der Waals surface area (Å²) < 4.78 is 1.64. The molecule has 0 aliphatic heterocycles. The third-order valence-electron chi connectivity index (χ3n) is 5.21. The molecule has 0 aliphatic carbocycles. The predicted octanol–water partition coefficient (Wildman–Crippen LogP) is 4.48. The van der Waals surface area contributed by atoms with Crippen LogP contribution in [-0.4, -0.2) is 28.5 Å². The van der Waals surface area contributed by atoms with E-state index in [1.54, 1.807) is 22.8 Å². The van der Waals surface area contributed by atoms with Crippen molar-refractivity contribution in [3.8, 4) is 5.69 Å². The first-order valence-electron chi connectivity index (χ1n) is 10.4. The molecule has 4 rings (SSSR count). The Morgan fingerprint density at radius 1 is 0.935 bits per heavy atom. The Morgan fingerprint density at radius 3 is 2.23 bits per heavy atom. The molecule has 6 heteroatoms. The van der Waals surface area contributed by atoms with Gasteiger partial charge in [0.15, 0.2) is 0 Å². The van der Waals surface area contributed by atoms with Crippen molar-refractivity contribution in [2.75, 3.05) is 23.3 Å². The van der Waals surface area contributed by atoms with Crippen molar-refractivity contribution in [3.63, 3.8) is 0 Å². The fourth-order valence-electron chi connectivity index (χ4n) is 3.57. The molecule has 0 aliphatic rings. The molecule has 1 aromatic heterocycles. The van der Waals surface area contributed by atoms with Crippen LogP contribution in [0.2, 0.25) is 0 Å². The molecule has 1 amide bonds. The first-order valence-corrected chi connectivity index (χ1v) is 10.4. The maximum absolute atomic E-state index is 13.5. The highest BCUT2D eigenvalue weighted by molar-refractivity contribution is 6.06. The van der Waals surface area contributed by atoms with Gasteiger partial charge >= 0.3 is 0 Å². The zero-order valence-electron chi connectivity index (χ0n) is 17.6. The molecule has 0 fully saturated rings. The van der Waals surface area contributed by atoms with Gasteiger partial charge in [-0.2, -0.15) is 0 Å². The summed E-state index contributed by atoms with van der Waals surface area (Å²) in [6, 6.07) is 23.8. The van der Waals surface area contributed by atoms with Gasteiger partial charge in [0.1, 0.15) is 0 Å². The summed E-state index contributed by atoms with van der Waals surface area (Å²) in [6.45, 7) is 5.46. The monoisotopic (exact) mass is 412 g/mol. The van der Waals surface area contributed by atoms with Crippen molar-refractivity contribution < 1.29 is 4.79 Å². The molecule has 0 atom stereocenters. The number of nitrogens with zero attached hydrogens (tertiary/aromatic N) is 3. The minimum atomic E-state index is -0.244. The number of amides is 1. The van der Waals surface area contributed by atoms with E-state index in [1.807, 2.05) is 79.4 Å². The second-order valence-corrected chi connectivity index (χ2v) is 7.11. The number of hydrogen-bond acceptors (Lipinski definition) is 4. The van der Waals surface area contributed by atoms with E-state index in [1.165, 1.54) is 0 Å². The van der Waals surface area contributed by atoms with Crippen molar-refractivity contribution in [2.24, 2.45) is 0 Å². The Morgan fingerprint density at radius 2 is 1.58 bits per heavy atom. The van der Waals surface area contributed by atoms with E-state index in [-0.39, 0.29) is 11.5 Å². The largest absolute Gasteiger partial charge is 0.342 e. The second-order valence-electron chi connectivity index (χ2n) is 7.11. The minimum absolute atomic E-state index is 0.159. The number of aromatic nitrogens is 2. The smallest absolute Gasteiger partial charge is 0.267 e. The zero-order chi connectivity index (χ0) is 21.8. The van der Waals surface area contributed by atoms with Crippen LogP contribution in [0.5, 0.6) is 0 Å². The van der Waals surface area contributed by atoms with Gasteiger partial charge in [0.2, 0.25) is 5.95 Å². The molecule has 0 radical (unpaired) electrons. The Labute approximate surface area is 180 Å². The van der Waals surface area contributed by atoms with Crippen LogP contribution in [0.3, 0.4) is 0 Å². The van der Waals surface area contributed by atoms with E-state index < -0.39 is 0 Å². The fraction of sp³-hybridized carbons (Fsp3) is 0.160. The molecule has 3 aromatic carbocycles. The van der Waals surface area contributed by atoms with Gasteiger partial charge in [-0.05, 0) is 56.3 Å². The van der Waals surface area contributed by atoms with Crippen LogP contribution >= 0.6 is 0 Å². The number of para-hydroxylation sites is 2. The molecule has 31 heavy (non-hydrogen) atoms. The molecule has 0 unspecified atom stereocenters. The third kappa shape index (κ3) is 4.05. The lowest BCUT2D eigenvalue weighted by atomic mass is 10.1. The molecule has 0 spiro atoms. The van der Waals surface area contributed by atoms with Crippen molar-refractivity contribution in [2.45, 2.75) is 13.8 Å². The van der Waals surface area contributed by atoms with Gasteiger partial charge in [-0.3, -0.25) is 9.59 Å². The van der Waals surface area contributed by atoms with Gasteiger partial charge in [0.25, 0.3) is 11.5 Å². The highest BCUT2D eigenvalue weighted by Gasteiger charge is 2.18. The van der Waals surface area contributed by atoms with E-state index in [4.69, 9.17) is 4.98 Å². The molecule has 6 nitrogen and oxygen atoms in total. The van der Waals surface area contributed by atoms with Crippen molar-refractivity contribution in [3.05, 3.63) is 94.8 Å². The van der Waals surface area contributed by atoms with Gasteiger partial charge in [-0.25, -0.2) is 9.55 Å². The average molecular weight is 412 g/mol. The van der Waals surface area contributed by atoms with Crippen LogP contribution in [0.15, 0.2) is 83.7 Å². The highest BCUT2D eigenvalue weighted by Crippen LogP contribution is 2.21. The van der Waals surface area contributed by atoms with Crippen molar-refractivity contribution >= 4 is 28.4 Å². The molecule has 1 N–H and O–H groups in total. The number of anilines is 2. The summed E-state index contributed by atoms with van der Waals surface area (Å²) in [6.07, 6.45) is 0. The van der Waals surface area contributed by atoms with Crippen molar-refractivity contribution in [1.29, 1.82) is 0 Å². The summed E-state index contributed by atoms with van der Waals surface area (Å²) in [7, 11) is 0. The van der Waals surface area contributed by atoms with Crippen molar-refractivity contribution in [1.82, 2.24) is 9.55 Å². The van der Waals surface area contributed by atoms with Crippen LogP contribution in [-0.2, 0) is 0 Å². The maximum Gasteiger partial charge on any atom is 0.267 e. The molecular formula is C25H24N4O2. The lowest BCUT2D eigenvalue weighted by molar-refractivity contribution is 0.102. The molecular weight excluding hydrogens is 388 g/mol. The number of rotatable bonds is 6. The number of carbonyl (C=O) groups is 1. The Balaban J connectivity index is 1.85. The van der Waals surface area contributed by atoms with Gasteiger partial charge < -0.3 is 10.2 Å². The molecule has 4 aromatic rings. The normalized spacial score (nSPS) is 10.8. The Kier molecular flexibility index (Phi) is 5.80. The van der Waals surface area contributed by atoms with Gasteiger partial charge in [-0.1, -0.05) is 36.4 Å². The molecule has 0 saturated carbocycles. The topological polar surface area (TPSA) is 67.2 Å². The SMILES string of the molecule is CCN(CC)c1nc2cc(C(=O)Nc3ccccc3)ccc2c(=O)n1-c1ccccc1. The fourth-order valence-corrected chi connectivity index (χ4v) is 3.57. The number of benzene rings is 3. The van der Waals surface area contributed by atoms with Crippen LogP contribution < -0.4 is 15.8 Å². The van der Waals surface area contributed by atoms with E-state index in [0.717, 1.165) is 5.69 Å². The zero-order valence-corrected chi connectivity index (χ0v) is 17.6. The molecule has 0 bridgehead atoms. The number of hydrogen-bond donors (Lipinski definition) is 1. The highest BCUT2D eigenvalue weighted by atomic mass is 16.1. The molecule has 1 heterocycles. The minimum Gasteiger partial charge on any atom is -0.342 e. The van der Waals surface area contributed by atoms with E-state index in [9.17, 15) is 9.59 Å². The molecule has 156 valence electrons. The first kappa shape index (κ1) is 20.3. The summed E-state index contributed by atoms with van der Waals surface area (Å²) in [5.41, 5.74) is 2.26. The molecule has 0 saturated heterocycles. The van der Waals surface area contributed by atoms with E-state index >= 15 is 0 Å². The summed E-state index contributed by atoms with van der Waals surface area (Å²) in [4.78, 5) is 33.0. The van der Waals surface area contributed by atoms with Gasteiger partial charge in [0, 0.05) is 24.3 Å². The average Bonchev–Trinajstić information content (AvgIpc) is 2.81. The number of fused-ring (bicyclic) bond motifs is 1. The lowest BCUT2D eigenvalue weighted by Crippen LogP contribution is -2.32. The maximum atomic E-state index is 13.5. The Hall–Kier alpha value is -3.93. The first-order chi connectivity index (χ1) is 15.1. The third-order valence-corrected chi connectivity index (χ3v) is 5.21. The quantitative estimate of drug-likeness (QED) is 0.507. The summed E-state index contributed by atoms with van der Waals surface area (Å²) in [5.74, 6) is 0.320. The van der Waals surface area contributed by atoms with E-state index in [0.29, 0.717) is 41.2 Å². The number of nitrogens with one attached hydrogen (secondary N) is 1. The van der Waals surface area contributed by atoms with Gasteiger partial charge in [-0.15, -0.1) is 0 Å². The second kappa shape index (κ2) is 8.83. The van der Waals surface area contributed by atoms with Crippen LogP contribution in [0, 0.1) is 0 Å². The summed E-state index contributed by atoms with van der Waals surface area (Å²) in [5, 5.41) is 3.34. The standard InChI is InChI=1S/C25H24N4O2/c1-3-28(4-2)25-27-22-17-18(23(30)26-19-11-7-5-8-12-19)15-16-21(22)24(31)29(25)20-13-9-6-10-14-20/h5-17H,3-4H2,1-2H3,(H,26,30). The van der Waals surface area contributed by atoms with Crippen LogP contribution in [0.4, 0.5) is 11.6 Å². The Bertz CT molecular complexity index is 1260. The number of carbonyl (C=O) groups excluding carboxylic acids is 1. The summed E-state index contributed by atoms with van der Waals surface area (Å²) >= 11 is 0. The van der Waals surface area contributed by atoms with E-state index in [2.05, 4.69) is 5.32 Å². The van der Waals surface area contributed by atoms with Gasteiger partial charge in [0.05, 0.1) is 16.6 Å². The van der Waals surface area contributed by atoms with Crippen LogP contribution in [0.1, 0.15) is 24.2 Å². The van der Waals surface area contributed by atoms with Crippen LogP contribution in [0.25, 0.3) is 16.6 Å². The lowest BCUT2D eigenvalue weighted by Gasteiger charge is -2.24.